The van der Waals surface area contributed by atoms with E-state index in [2.05, 4.69) is 165 Å². The lowest BCUT2D eigenvalue weighted by Crippen LogP contribution is -2.29. The first kappa shape index (κ1) is 54.4. The van der Waals surface area contributed by atoms with E-state index in [0.29, 0.717) is 5.46 Å². The predicted octanol–water partition coefficient (Wildman–Crippen LogP) is 14.6. The summed E-state index contributed by atoms with van der Waals surface area (Å²) in [5.74, 6) is 1.49. The molecule has 0 aliphatic carbocycles. The maximum absolute atomic E-state index is 8.87. The van der Waals surface area contributed by atoms with Gasteiger partial charge in [-0.25, -0.2) is 0 Å². The largest absolute Gasteiger partial charge is 0.488 e. The van der Waals surface area contributed by atoms with Gasteiger partial charge in [0.25, 0.3) is 0 Å². The number of aryl methyl sites for hydroxylation is 2. The van der Waals surface area contributed by atoms with Gasteiger partial charge >= 0.3 is 7.12 Å². The number of hydrogen-bond acceptors (Lipinski definition) is 6. The normalized spacial score (nSPS) is 11.9. The average Bonchev–Trinajstić information content (AvgIpc) is 3.93. The molecule has 2 N–H and O–H groups in total. The molecule has 13 heteroatoms. The second-order valence-corrected chi connectivity index (χ2v) is 22.7. The van der Waals surface area contributed by atoms with Gasteiger partial charge in [-0.15, -0.1) is 23.2 Å². The number of halogens is 4. The Kier molecular flexibility index (Phi) is 20.1. The molecule has 0 aliphatic heterocycles. The SMILES string of the molecule is CC(C)(C)c1ccc(-c2ccc(-c3ccc(C(C)(C)C)cc3)c3nn(CCCCCCCl)nc23)cc1.CC(C)(C)c1ccc(B(O)O)cc1.ClCCCCCCn1nc2c(Br)ccc(Br)c2n1. The van der Waals surface area contributed by atoms with E-state index >= 15 is 0 Å². The van der Waals surface area contributed by atoms with E-state index in [4.69, 9.17) is 43.4 Å². The molecule has 0 spiro atoms. The second kappa shape index (κ2) is 24.8. The number of aromatic nitrogens is 6. The minimum absolute atomic E-state index is 0.110. The third-order valence-corrected chi connectivity index (χ3v) is 13.6. The van der Waals surface area contributed by atoms with Gasteiger partial charge in [0.1, 0.15) is 22.1 Å². The van der Waals surface area contributed by atoms with Gasteiger partial charge in [0.2, 0.25) is 0 Å². The molecule has 2 aromatic heterocycles. The molecule has 358 valence electrons. The van der Waals surface area contributed by atoms with Crippen LogP contribution in [0.15, 0.2) is 106 Å². The van der Waals surface area contributed by atoms with Crippen LogP contribution in [0.5, 0.6) is 0 Å². The van der Waals surface area contributed by atoms with Crippen LogP contribution >= 0.6 is 55.1 Å². The summed E-state index contributed by atoms with van der Waals surface area (Å²) in [5.41, 5.74) is 13.1. The lowest BCUT2D eigenvalue weighted by molar-refractivity contribution is 0.425. The third-order valence-electron chi connectivity index (χ3n) is 11.7. The van der Waals surface area contributed by atoms with Crippen LogP contribution < -0.4 is 5.46 Å². The Labute approximate surface area is 426 Å². The van der Waals surface area contributed by atoms with Crippen LogP contribution in [0.2, 0.25) is 0 Å². The van der Waals surface area contributed by atoms with Gasteiger partial charge in [0, 0.05) is 31.8 Å². The predicted molar refractivity (Wildman–Crippen MR) is 292 cm³/mol. The molecule has 7 rings (SSSR count). The van der Waals surface area contributed by atoms with Crippen LogP contribution in [0.4, 0.5) is 0 Å². The van der Waals surface area contributed by atoms with Crippen LogP contribution in [0.1, 0.15) is 130 Å². The van der Waals surface area contributed by atoms with Crippen molar-refractivity contribution in [3.8, 4) is 22.3 Å². The summed E-state index contributed by atoms with van der Waals surface area (Å²) < 4.78 is 1.96. The summed E-state index contributed by atoms with van der Waals surface area (Å²) in [6.07, 6.45) is 8.96. The van der Waals surface area contributed by atoms with Crippen molar-refractivity contribution >= 4 is 89.7 Å². The Bertz CT molecular complexity index is 2480. The Balaban J connectivity index is 0.000000223. The molecule has 0 saturated carbocycles. The van der Waals surface area contributed by atoms with Crippen molar-refractivity contribution in [2.45, 2.75) is 143 Å². The highest BCUT2D eigenvalue weighted by atomic mass is 79.9. The standard InChI is InChI=1S/C32H40ClN3.C12H14Br2ClN3.C10H15BO2/c1-31(2,3)25-15-11-23(12-16-25)27-19-20-28(24-13-17-26(18-14-24)32(4,5)6)30-29(27)34-36(35-30)22-10-8-7-9-21-33;13-9-5-6-10(14)12-11(9)16-18(17-12)8-4-2-1-3-7-15;1-10(2,3)8-4-6-9(7-5-8)11(12)13/h11-20H,7-10,21-22H2,1-6H3;5-6H,1-4,7-8H2;4-7,12-13H,1-3H3. The molecular weight excluding hydrogens is 1010 g/mol. The van der Waals surface area contributed by atoms with Crippen molar-refractivity contribution in [3.05, 3.63) is 123 Å². The fourth-order valence-electron chi connectivity index (χ4n) is 7.53. The van der Waals surface area contributed by atoms with Crippen molar-refractivity contribution < 1.29 is 10.0 Å². The fraction of sp³-hybridized carbons (Fsp3) is 0.444. The number of benzene rings is 5. The Morgan fingerprint density at radius 1 is 0.433 bits per heavy atom. The van der Waals surface area contributed by atoms with Crippen LogP contribution in [-0.4, -0.2) is 58.9 Å². The maximum Gasteiger partial charge on any atom is 0.488 e. The van der Waals surface area contributed by atoms with Gasteiger partial charge in [-0.05, 0) is 119 Å². The van der Waals surface area contributed by atoms with Crippen molar-refractivity contribution in [1.82, 2.24) is 30.0 Å². The number of unbranched alkanes of at least 4 members (excludes halogenated alkanes) is 6. The Morgan fingerprint density at radius 3 is 1.06 bits per heavy atom. The molecule has 0 saturated heterocycles. The van der Waals surface area contributed by atoms with Gasteiger partial charge < -0.3 is 10.0 Å². The molecule has 67 heavy (non-hydrogen) atoms. The van der Waals surface area contributed by atoms with Crippen molar-refractivity contribution in [2.75, 3.05) is 11.8 Å². The quantitative estimate of drug-likeness (QED) is 0.0603. The van der Waals surface area contributed by atoms with Crippen molar-refractivity contribution in [2.24, 2.45) is 0 Å². The molecule has 0 amide bonds. The molecule has 0 atom stereocenters. The molecule has 8 nitrogen and oxygen atoms in total. The van der Waals surface area contributed by atoms with Crippen molar-refractivity contribution in [3.63, 3.8) is 0 Å². The summed E-state index contributed by atoms with van der Waals surface area (Å²) in [5, 5.41) is 36.7. The molecule has 0 unspecified atom stereocenters. The van der Waals surface area contributed by atoms with E-state index in [1.165, 1.54) is 40.7 Å². The zero-order valence-electron chi connectivity index (χ0n) is 40.9. The topological polar surface area (TPSA) is 102 Å². The summed E-state index contributed by atoms with van der Waals surface area (Å²) >= 11 is 18.5. The first-order valence-electron chi connectivity index (χ1n) is 23.6. The van der Waals surface area contributed by atoms with Crippen molar-refractivity contribution in [1.29, 1.82) is 0 Å². The zero-order chi connectivity index (χ0) is 48.9. The average molecular weight is 1080 g/mol. The van der Waals surface area contributed by atoms with E-state index < -0.39 is 7.12 Å². The summed E-state index contributed by atoms with van der Waals surface area (Å²) in [6, 6.07) is 33.5. The van der Waals surface area contributed by atoms with E-state index in [1.54, 1.807) is 16.9 Å². The monoisotopic (exact) mass is 1070 g/mol. The van der Waals surface area contributed by atoms with E-state index in [-0.39, 0.29) is 16.2 Å². The first-order valence-corrected chi connectivity index (χ1v) is 26.2. The smallest absolute Gasteiger partial charge is 0.423 e. The lowest BCUT2D eigenvalue weighted by Gasteiger charge is -2.19. The lowest BCUT2D eigenvalue weighted by atomic mass is 9.78. The molecule has 0 bridgehead atoms. The molecule has 0 fully saturated rings. The third kappa shape index (κ3) is 15.7. The van der Waals surface area contributed by atoms with Gasteiger partial charge in [-0.2, -0.15) is 30.0 Å². The van der Waals surface area contributed by atoms with E-state index in [1.807, 2.05) is 29.1 Å². The summed E-state index contributed by atoms with van der Waals surface area (Å²) in [6.45, 7) is 21.5. The molecular formula is C54H69BBr2Cl2N6O2. The first-order chi connectivity index (χ1) is 31.7. The maximum atomic E-state index is 8.87. The molecule has 7 aromatic rings. The number of nitrogens with zero attached hydrogens (tertiary/aromatic N) is 6. The number of fused-ring (bicyclic) bond motifs is 2. The number of rotatable bonds is 15. The fourth-order valence-corrected chi connectivity index (χ4v) is 8.71. The minimum atomic E-state index is -1.37. The molecule has 5 aromatic carbocycles. The number of alkyl halides is 2. The molecule has 0 radical (unpaired) electrons. The minimum Gasteiger partial charge on any atom is -0.423 e. The highest BCUT2D eigenvalue weighted by Crippen LogP contribution is 2.36. The van der Waals surface area contributed by atoms with Crippen LogP contribution in [-0.2, 0) is 29.3 Å². The van der Waals surface area contributed by atoms with E-state index in [9.17, 15) is 0 Å². The zero-order valence-corrected chi connectivity index (χ0v) is 45.6. The second-order valence-electron chi connectivity index (χ2n) is 20.3. The molecule has 0 aliphatic rings. The highest BCUT2D eigenvalue weighted by molar-refractivity contribution is 9.11. The highest BCUT2D eigenvalue weighted by Gasteiger charge is 2.20. The molecule has 2 heterocycles. The van der Waals surface area contributed by atoms with Crippen LogP contribution in [0.3, 0.4) is 0 Å². The van der Waals surface area contributed by atoms with Gasteiger partial charge in [-0.1, -0.05) is 173 Å². The summed E-state index contributed by atoms with van der Waals surface area (Å²) in [7, 11) is -1.37. The van der Waals surface area contributed by atoms with Crippen LogP contribution in [0.25, 0.3) is 44.3 Å². The Morgan fingerprint density at radius 2 is 0.746 bits per heavy atom. The van der Waals surface area contributed by atoms with E-state index in [0.717, 1.165) is 106 Å². The van der Waals surface area contributed by atoms with Gasteiger partial charge in [0.05, 0.1) is 13.1 Å². The van der Waals surface area contributed by atoms with Gasteiger partial charge in [-0.3, -0.25) is 0 Å². The summed E-state index contributed by atoms with van der Waals surface area (Å²) in [4.78, 5) is 3.67. The van der Waals surface area contributed by atoms with Crippen LogP contribution in [0, 0.1) is 0 Å². The van der Waals surface area contributed by atoms with Gasteiger partial charge in [0.15, 0.2) is 0 Å². The number of hydrogen-bond donors (Lipinski definition) is 2. The Hall–Kier alpha value is -3.58.